The molecule has 1 saturated heterocycles. The van der Waals surface area contributed by atoms with E-state index < -0.39 is 6.10 Å². The van der Waals surface area contributed by atoms with Crippen molar-refractivity contribution >= 4 is 5.91 Å². The summed E-state index contributed by atoms with van der Waals surface area (Å²) in [4.78, 5) is 13.9. The third-order valence-corrected chi connectivity index (χ3v) is 3.89. The molecule has 4 heteroatoms. The molecule has 0 radical (unpaired) electrons. The van der Waals surface area contributed by atoms with Gasteiger partial charge in [0.25, 0.3) is 0 Å². The molecule has 104 valence electrons. The number of hydrogen-bond acceptors (Lipinski definition) is 3. The van der Waals surface area contributed by atoms with Gasteiger partial charge >= 0.3 is 0 Å². The van der Waals surface area contributed by atoms with Crippen LogP contribution in [0.3, 0.4) is 0 Å². The average molecular weight is 262 g/mol. The maximum absolute atomic E-state index is 12.2. The predicted molar refractivity (Wildman–Crippen MR) is 74.4 cm³/mol. The van der Waals surface area contributed by atoms with Crippen LogP contribution in [-0.4, -0.2) is 35.1 Å². The van der Waals surface area contributed by atoms with Crippen molar-refractivity contribution in [3.8, 4) is 0 Å². The molecular weight excluding hydrogens is 240 g/mol. The van der Waals surface area contributed by atoms with Crippen molar-refractivity contribution in [1.29, 1.82) is 0 Å². The fourth-order valence-corrected chi connectivity index (χ4v) is 2.36. The van der Waals surface area contributed by atoms with Gasteiger partial charge in [-0.2, -0.15) is 0 Å². The summed E-state index contributed by atoms with van der Waals surface area (Å²) < 4.78 is 0. The molecule has 1 aromatic rings. The summed E-state index contributed by atoms with van der Waals surface area (Å²) >= 11 is 0. The second-order valence-electron chi connectivity index (χ2n) is 5.37. The van der Waals surface area contributed by atoms with E-state index >= 15 is 0 Å². The molecule has 19 heavy (non-hydrogen) atoms. The van der Waals surface area contributed by atoms with Gasteiger partial charge < -0.3 is 15.7 Å². The van der Waals surface area contributed by atoms with E-state index in [0.29, 0.717) is 19.5 Å². The Balaban J connectivity index is 1.93. The predicted octanol–water partition coefficient (Wildman–Crippen LogP) is 0.917. The number of benzene rings is 1. The topological polar surface area (TPSA) is 66.6 Å². The number of amides is 1. The van der Waals surface area contributed by atoms with Crippen molar-refractivity contribution in [1.82, 2.24) is 4.90 Å². The monoisotopic (exact) mass is 262 g/mol. The summed E-state index contributed by atoms with van der Waals surface area (Å²) in [7, 11) is 0. The van der Waals surface area contributed by atoms with Gasteiger partial charge in [-0.15, -0.1) is 0 Å². The minimum atomic E-state index is -0.391. The Morgan fingerprint density at radius 3 is 2.58 bits per heavy atom. The lowest BCUT2D eigenvalue weighted by Gasteiger charge is -2.34. The van der Waals surface area contributed by atoms with Crippen LogP contribution < -0.4 is 5.73 Å². The van der Waals surface area contributed by atoms with Gasteiger partial charge in [-0.05, 0) is 23.5 Å². The lowest BCUT2D eigenvalue weighted by Crippen LogP contribution is -2.46. The number of aliphatic hydroxyl groups is 1. The summed E-state index contributed by atoms with van der Waals surface area (Å²) in [5, 5.41) is 9.82. The van der Waals surface area contributed by atoms with Crippen LogP contribution in [0.15, 0.2) is 24.3 Å². The molecule has 1 aromatic carbocycles. The van der Waals surface area contributed by atoms with Crippen molar-refractivity contribution in [2.24, 2.45) is 11.7 Å². The van der Waals surface area contributed by atoms with Gasteiger partial charge in [0.15, 0.2) is 0 Å². The van der Waals surface area contributed by atoms with E-state index in [1.165, 1.54) is 0 Å². The highest BCUT2D eigenvalue weighted by Crippen LogP contribution is 2.18. The molecule has 0 aliphatic carbocycles. The van der Waals surface area contributed by atoms with Crippen LogP contribution in [0.2, 0.25) is 0 Å². The van der Waals surface area contributed by atoms with Crippen LogP contribution in [0, 0.1) is 5.92 Å². The van der Waals surface area contributed by atoms with Crippen molar-refractivity contribution in [3.63, 3.8) is 0 Å². The van der Waals surface area contributed by atoms with Gasteiger partial charge in [0.1, 0.15) is 0 Å². The summed E-state index contributed by atoms with van der Waals surface area (Å²) in [6.07, 6.45) is 0.877. The maximum atomic E-state index is 12.2. The van der Waals surface area contributed by atoms with E-state index in [4.69, 9.17) is 5.73 Å². The van der Waals surface area contributed by atoms with E-state index in [-0.39, 0.29) is 11.8 Å². The molecular formula is C15H22N2O2. The molecule has 2 rings (SSSR count). The lowest BCUT2D eigenvalue weighted by molar-refractivity contribution is -0.134. The Labute approximate surface area is 114 Å². The van der Waals surface area contributed by atoms with E-state index in [9.17, 15) is 9.90 Å². The highest BCUT2D eigenvalue weighted by molar-refractivity contribution is 5.78. The SMILES string of the molecule is CC1CCN(C(=O)Cc2ccc(CN)cc2)CC1O. The zero-order valence-electron chi connectivity index (χ0n) is 11.4. The zero-order valence-corrected chi connectivity index (χ0v) is 11.4. The highest BCUT2D eigenvalue weighted by atomic mass is 16.3. The van der Waals surface area contributed by atoms with E-state index in [2.05, 4.69) is 0 Å². The van der Waals surface area contributed by atoms with E-state index in [0.717, 1.165) is 24.1 Å². The largest absolute Gasteiger partial charge is 0.391 e. The number of β-amino-alcohol motifs (C(OH)–C–C–N with tert-alkyl or cyclic N) is 1. The van der Waals surface area contributed by atoms with Crippen LogP contribution in [0.1, 0.15) is 24.5 Å². The molecule has 2 unspecified atom stereocenters. The second kappa shape index (κ2) is 6.17. The standard InChI is InChI=1S/C15H22N2O2/c1-11-6-7-17(10-14(11)18)15(19)8-12-2-4-13(9-16)5-3-12/h2-5,11,14,18H,6-10,16H2,1H3. The van der Waals surface area contributed by atoms with Gasteiger partial charge in [0.2, 0.25) is 5.91 Å². The number of likely N-dealkylation sites (tertiary alicyclic amines) is 1. The van der Waals surface area contributed by atoms with Crippen molar-refractivity contribution in [3.05, 3.63) is 35.4 Å². The molecule has 0 aromatic heterocycles. The minimum absolute atomic E-state index is 0.0893. The summed E-state index contributed by atoms with van der Waals surface area (Å²) in [5.74, 6) is 0.374. The molecule has 0 bridgehead atoms. The Bertz CT molecular complexity index is 430. The van der Waals surface area contributed by atoms with Gasteiger partial charge in [-0.25, -0.2) is 0 Å². The Hall–Kier alpha value is -1.39. The maximum Gasteiger partial charge on any atom is 0.227 e. The third kappa shape index (κ3) is 3.55. The Kier molecular flexibility index (Phi) is 4.56. The molecule has 0 spiro atoms. The molecule has 1 aliphatic rings. The second-order valence-corrected chi connectivity index (χ2v) is 5.37. The summed E-state index contributed by atoms with van der Waals surface area (Å²) in [5.41, 5.74) is 7.61. The van der Waals surface area contributed by atoms with Crippen LogP contribution >= 0.6 is 0 Å². The first-order chi connectivity index (χ1) is 9.10. The number of carbonyl (C=O) groups is 1. The number of nitrogens with zero attached hydrogens (tertiary/aromatic N) is 1. The molecule has 4 nitrogen and oxygen atoms in total. The quantitative estimate of drug-likeness (QED) is 0.851. The number of piperidine rings is 1. The summed E-state index contributed by atoms with van der Waals surface area (Å²) in [6.45, 7) is 3.75. The lowest BCUT2D eigenvalue weighted by atomic mass is 9.95. The van der Waals surface area contributed by atoms with E-state index in [1.807, 2.05) is 31.2 Å². The first kappa shape index (κ1) is 14.0. The normalized spacial score (nSPS) is 23.4. The number of nitrogens with two attached hydrogens (primary N) is 1. The first-order valence-corrected chi connectivity index (χ1v) is 6.84. The first-order valence-electron chi connectivity index (χ1n) is 6.84. The van der Waals surface area contributed by atoms with E-state index in [1.54, 1.807) is 4.90 Å². The molecule has 1 aliphatic heterocycles. The van der Waals surface area contributed by atoms with Crippen LogP contribution in [0.25, 0.3) is 0 Å². The molecule has 3 N–H and O–H groups in total. The molecule has 1 heterocycles. The number of aliphatic hydroxyl groups excluding tert-OH is 1. The van der Waals surface area contributed by atoms with Gasteiger partial charge in [-0.3, -0.25) is 4.79 Å². The number of rotatable bonds is 3. The molecule has 1 amide bonds. The average Bonchev–Trinajstić information content (AvgIpc) is 2.42. The number of hydrogen-bond donors (Lipinski definition) is 2. The molecule has 2 atom stereocenters. The minimum Gasteiger partial charge on any atom is -0.391 e. The van der Waals surface area contributed by atoms with Crippen LogP contribution in [-0.2, 0) is 17.8 Å². The summed E-state index contributed by atoms with van der Waals surface area (Å²) in [6, 6.07) is 7.80. The molecule has 1 fully saturated rings. The zero-order chi connectivity index (χ0) is 13.8. The fourth-order valence-electron chi connectivity index (χ4n) is 2.36. The smallest absolute Gasteiger partial charge is 0.227 e. The van der Waals surface area contributed by atoms with Crippen molar-refractivity contribution in [2.45, 2.75) is 32.4 Å². The fraction of sp³-hybridized carbons (Fsp3) is 0.533. The van der Waals surface area contributed by atoms with Gasteiger partial charge in [0, 0.05) is 19.6 Å². The third-order valence-electron chi connectivity index (χ3n) is 3.89. The number of carbonyl (C=O) groups excluding carboxylic acids is 1. The van der Waals surface area contributed by atoms with Crippen LogP contribution in [0.5, 0.6) is 0 Å². The van der Waals surface area contributed by atoms with Crippen LogP contribution in [0.4, 0.5) is 0 Å². The highest BCUT2D eigenvalue weighted by Gasteiger charge is 2.26. The van der Waals surface area contributed by atoms with Crippen molar-refractivity contribution < 1.29 is 9.90 Å². The van der Waals surface area contributed by atoms with Crippen molar-refractivity contribution in [2.75, 3.05) is 13.1 Å². The van der Waals surface area contributed by atoms with Gasteiger partial charge in [-0.1, -0.05) is 31.2 Å². The Morgan fingerprint density at radius 1 is 1.37 bits per heavy atom. The molecule has 0 saturated carbocycles. The van der Waals surface area contributed by atoms with Gasteiger partial charge in [0.05, 0.1) is 12.5 Å². The Morgan fingerprint density at radius 2 is 2.00 bits per heavy atom.